The fraction of sp³-hybridized carbons (Fsp3) is 0.312. The van der Waals surface area contributed by atoms with E-state index in [1.165, 1.54) is 4.88 Å². The zero-order valence-corrected chi connectivity index (χ0v) is 12.8. The second kappa shape index (κ2) is 5.77. The Bertz CT molecular complexity index is 652. The van der Waals surface area contributed by atoms with Crippen LogP contribution in [0, 0.1) is 0 Å². The molecule has 1 amide bonds. The molecular weight excluding hydrogens is 282 g/mol. The van der Waals surface area contributed by atoms with Gasteiger partial charge in [0.25, 0.3) is 0 Å². The van der Waals surface area contributed by atoms with Crippen molar-refractivity contribution in [2.24, 2.45) is 0 Å². The highest BCUT2D eigenvalue weighted by molar-refractivity contribution is 7.10. The van der Waals surface area contributed by atoms with Crippen LogP contribution in [0.5, 0.6) is 0 Å². The molecule has 1 atom stereocenters. The fourth-order valence-electron chi connectivity index (χ4n) is 2.67. The second-order valence-electron chi connectivity index (χ2n) is 5.32. The van der Waals surface area contributed by atoms with E-state index in [2.05, 4.69) is 35.1 Å². The van der Waals surface area contributed by atoms with E-state index < -0.39 is 0 Å². The molecule has 0 radical (unpaired) electrons. The molecule has 1 aromatic heterocycles. The van der Waals surface area contributed by atoms with Gasteiger partial charge in [0.15, 0.2) is 0 Å². The van der Waals surface area contributed by atoms with Crippen molar-refractivity contribution in [2.75, 3.05) is 16.4 Å². The Labute approximate surface area is 128 Å². The topological polar surface area (TPSA) is 67.1 Å². The minimum atomic E-state index is 0.0323. The maximum atomic E-state index is 11.5. The van der Waals surface area contributed by atoms with Crippen molar-refractivity contribution in [3.05, 3.63) is 40.1 Å². The number of nitrogens with one attached hydrogen (secondary N) is 2. The summed E-state index contributed by atoms with van der Waals surface area (Å²) in [5.74, 6) is 0.0323. The Balaban J connectivity index is 1.86. The molecule has 1 aliphatic rings. The van der Waals surface area contributed by atoms with Crippen molar-refractivity contribution >= 4 is 34.3 Å². The highest BCUT2D eigenvalue weighted by Crippen LogP contribution is 2.35. The zero-order valence-electron chi connectivity index (χ0n) is 12.0. The summed E-state index contributed by atoms with van der Waals surface area (Å²) >= 11 is 1.75. The number of hydrogen-bond acceptors (Lipinski definition) is 4. The molecule has 4 N–H and O–H groups in total. The number of amides is 1. The third kappa shape index (κ3) is 2.88. The summed E-state index contributed by atoms with van der Waals surface area (Å²) in [4.78, 5) is 12.8. The van der Waals surface area contributed by atoms with Crippen LogP contribution in [0.4, 0.5) is 17.1 Å². The van der Waals surface area contributed by atoms with Gasteiger partial charge in [-0.1, -0.05) is 19.4 Å². The zero-order chi connectivity index (χ0) is 14.8. The molecule has 3 rings (SSSR count). The van der Waals surface area contributed by atoms with E-state index in [0.29, 0.717) is 12.1 Å². The Kier molecular flexibility index (Phi) is 3.84. The van der Waals surface area contributed by atoms with Gasteiger partial charge in [-0.3, -0.25) is 4.79 Å². The predicted octanol–water partition coefficient (Wildman–Crippen LogP) is 3.78. The van der Waals surface area contributed by atoms with Gasteiger partial charge in [-0.25, -0.2) is 0 Å². The number of fused-ring (bicyclic) bond motifs is 1. The van der Waals surface area contributed by atoms with E-state index in [1.807, 2.05) is 12.1 Å². The Morgan fingerprint density at radius 1 is 1.48 bits per heavy atom. The first-order chi connectivity index (χ1) is 10.2. The first-order valence-electron chi connectivity index (χ1n) is 7.19. The lowest BCUT2D eigenvalue weighted by Crippen LogP contribution is -2.11. The average Bonchev–Trinajstić information content (AvgIpc) is 3.07. The molecule has 4 nitrogen and oxygen atoms in total. The number of hydrogen-bond donors (Lipinski definition) is 3. The van der Waals surface area contributed by atoms with Gasteiger partial charge in [0, 0.05) is 10.6 Å². The molecule has 0 bridgehead atoms. The van der Waals surface area contributed by atoms with Gasteiger partial charge in [-0.2, -0.15) is 0 Å². The van der Waals surface area contributed by atoms with Gasteiger partial charge in [0.2, 0.25) is 5.91 Å². The first kappa shape index (κ1) is 13.9. The van der Waals surface area contributed by atoms with Gasteiger partial charge >= 0.3 is 0 Å². The van der Waals surface area contributed by atoms with E-state index in [4.69, 9.17) is 5.73 Å². The Hall–Kier alpha value is -2.01. The maximum Gasteiger partial charge on any atom is 0.228 e. The van der Waals surface area contributed by atoms with Crippen LogP contribution in [0.2, 0.25) is 0 Å². The number of carbonyl (C=O) groups is 1. The summed E-state index contributed by atoms with van der Waals surface area (Å²) in [7, 11) is 0. The molecule has 0 saturated heterocycles. The van der Waals surface area contributed by atoms with Gasteiger partial charge in [0.1, 0.15) is 0 Å². The van der Waals surface area contributed by atoms with E-state index in [-0.39, 0.29) is 11.9 Å². The number of thiophene rings is 1. The van der Waals surface area contributed by atoms with Crippen LogP contribution in [0.1, 0.15) is 36.2 Å². The lowest BCUT2D eigenvalue weighted by molar-refractivity contribution is -0.115. The van der Waals surface area contributed by atoms with Crippen molar-refractivity contribution in [2.45, 2.75) is 32.2 Å². The standard InChI is InChI=1S/C16H19N3OS/c1-2-4-12(15-5-3-6-21-15)18-14-9-13-10(7-11(14)17)8-16(20)19-13/h3,5-7,9,12,18H,2,4,8,17H2,1H3,(H,19,20). The molecule has 1 aromatic carbocycles. The third-order valence-corrected chi connectivity index (χ3v) is 4.68. The van der Waals surface area contributed by atoms with Crippen LogP contribution in [0.15, 0.2) is 29.6 Å². The molecule has 0 spiro atoms. The number of nitrogens with two attached hydrogens (primary N) is 1. The molecule has 2 heterocycles. The first-order valence-corrected chi connectivity index (χ1v) is 8.07. The summed E-state index contributed by atoms with van der Waals surface area (Å²) in [6.45, 7) is 2.18. The van der Waals surface area contributed by atoms with E-state index in [9.17, 15) is 4.79 Å². The molecule has 21 heavy (non-hydrogen) atoms. The van der Waals surface area contributed by atoms with Gasteiger partial charge in [-0.05, 0) is 35.6 Å². The highest BCUT2D eigenvalue weighted by atomic mass is 32.1. The van der Waals surface area contributed by atoms with E-state index in [1.54, 1.807) is 11.3 Å². The summed E-state index contributed by atoms with van der Waals surface area (Å²) in [6, 6.07) is 8.31. The van der Waals surface area contributed by atoms with Crippen LogP contribution in [0.25, 0.3) is 0 Å². The van der Waals surface area contributed by atoms with Crippen molar-refractivity contribution in [3.63, 3.8) is 0 Å². The fourth-order valence-corrected chi connectivity index (χ4v) is 3.48. The number of anilines is 3. The largest absolute Gasteiger partial charge is 0.397 e. The number of rotatable bonds is 5. The minimum absolute atomic E-state index is 0.0323. The lowest BCUT2D eigenvalue weighted by Gasteiger charge is -2.20. The van der Waals surface area contributed by atoms with Gasteiger partial charge in [0.05, 0.1) is 23.8 Å². The molecule has 0 fully saturated rings. The molecule has 5 heteroatoms. The van der Waals surface area contributed by atoms with Crippen molar-refractivity contribution in [1.82, 2.24) is 0 Å². The van der Waals surface area contributed by atoms with E-state index in [0.717, 1.165) is 29.8 Å². The minimum Gasteiger partial charge on any atom is -0.397 e. The summed E-state index contributed by atoms with van der Waals surface area (Å²) in [6.07, 6.45) is 2.56. The van der Waals surface area contributed by atoms with Crippen LogP contribution < -0.4 is 16.4 Å². The van der Waals surface area contributed by atoms with E-state index >= 15 is 0 Å². The molecule has 0 saturated carbocycles. The number of nitrogen functional groups attached to an aromatic ring is 1. The number of carbonyl (C=O) groups excluding carboxylic acids is 1. The van der Waals surface area contributed by atoms with Gasteiger partial charge < -0.3 is 16.4 Å². The maximum absolute atomic E-state index is 11.5. The Morgan fingerprint density at radius 2 is 2.33 bits per heavy atom. The van der Waals surface area contributed by atoms with Crippen molar-refractivity contribution in [1.29, 1.82) is 0 Å². The van der Waals surface area contributed by atoms with Crippen LogP contribution >= 0.6 is 11.3 Å². The molecule has 110 valence electrons. The summed E-state index contributed by atoms with van der Waals surface area (Å²) < 4.78 is 0. The van der Waals surface area contributed by atoms with Crippen LogP contribution in [0.3, 0.4) is 0 Å². The predicted molar refractivity (Wildman–Crippen MR) is 88.8 cm³/mol. The second-order valence-corrected chi connectivity index (χ2v) is 6.30. The highest BCUT2D eigenvalue weighted by Gasteiger charge is 2.20. The van der Waals surface area contributed by atoms with Crippen LogP contribution in [-0.4, -0.2) is 5.91 Å². The van der Waals surface area contributed by atoms with Gasteiger partial charge in [-0.15, -0.1) is 11.3 Å². The molecule has 1 aliphatic heterocycles. The molecule has 1 unspecified atom stereocenters. The molecule has 2 aromatic rings. The monoisotopic (exact) mass is 301 g/mol. The smallest absolute Gasteiger partial charge is 0.228 e. The lowest BCUT2D eigenvalue weighted by atomic mass is 10.1. The third-order valence-electron chi connectivity index (χ3n) is 3.69. The van der Waals surface area contributed by atoms with Crippen LogP contribution in [-0.2, 0) is 11.2 Å². The molecule has 0 aliphatic carbocycles. The normalized spacial score (nSPS) is 14.6. The average molecular weight is 301 g/mol. The SMILES string of the molecule is CCCC(Nc1cc2c(cc1N)CC(=O)N2)c1cccs1. The number of benzene rings is 1. The molecular formula is C16H19N3OS. The summed E-state index contributed by atoms with van der Waals surface area (Å²) in [5, 5.41) is 8.49. The van der Waals surface area contributed by atoms with Crippen molar-refractivity contribution < 1.29 is 4.79 Å². The summed E-state index contributed by atoms with van der Waals surface area (Å²) in [5.41, 5.74) is 9.58. The quantitative estimate of drug-likeness (QED) is 0.736. The Morgan fingerprint density at radius 3 is 3.05 bits per heavy atom. The van der Waals surface area contributed by atoms with Crippen molar-refractivity contribution in [3.8, 4) is 0 Å².